The first-order valence-corrected chi connectivity index (χ1v) is 12.0. The Balaban J connectivity index is 1.65. The molecule has 9 nitrogen and oxygen atoms in total. The molecule has 1 aliphatic heterocycles. The van der Waals surface area contributed by atoms with E-state index in [0.29, 0.717) is 0 Å². The first-order chi connectivity index (χ1) is 16.4. The summed E-state index contributed by atoms with van der Waals surface area (Å²) in [7, 11) is -3.92. The number of alkyl halides is 3. The molecule has 0 bridgehead atoms. The van der Waals surface area contributed by atoms with Crippen LogP contribution in [0.5, 0.6) is 0 Å². The van der Waals surface area contributed by atoms with E-state index in [9.17, 15) is 26.4 Å². The molecule has 2 atom stereocenters. The van der Waals surface area contributed by atoms with Crippen LogP contribution in [0.15, 0.2) is 60.0 Å². The molecule has 1 N–H and O–H groups in total. The lowest BCUT2D eigenvalue weighted by Gasteiger charge is -2.34. The minimum Gasteiger partial charge on any atom is -0.373 e. The van der Waals surface area contributed by atoms with Crippen LogP contribution >= 0.6 is 0 Å². The Morgan fingerprint density at radius 3 is 2.46 bits per heavy atom. The van der Waals surface area contributed by atoms with E-state index in [1.807, 2.05) is 0 Å². The average molecular weight is 510 g/mol. The average Bonchev–Trinajstić information content (AvgIpc) is 3.32. The second kappa shape index (κ2) is 9.40. The normalized spacial score (nSPS) is 19.5. The van der Waals surface area contributed by atoms with Crippen LogP contribution in [0, 0.1) is 0 Å². The summed E-state index contributed by atoms with van der Waals surface area (Å²) in [5, 5.41) is 6.35. The van der Waals surface area contributed by atoms with E-state index < -0.39 is 27.7 Å². The summed E-state index contributed by atoms with van der Waals surface area (Å²) in [6.45, 7) is 3.86. The van der Waals surface area contributed by atoms with Gasteiger partial charge in [0, 0.05) is 18.7 Å². The number of ether oxygens (including phenoxy) is 1. The van der Waals surface area contributed by atoms with Crippen LogP contribution in [0.1, 0.15) is 29.8 Å². The second-order valence-corrected chi connectivity index (χ2v) is 10.1. The molecule has 3 aromatic rings. The highest BCUT2D eigenvalue weighted by Gasteiger charge is 2.33. The zero-order valence-electron chi connectivity index (χ0n) is 18.7. The van der Waals surface area contributed by atoms with E-state index in [4.69, 9.17) is 4.74 Å². The van der Waals surface area contributed by atoms with Crippen molar-refractivity contribution in [2.45, 2.75) is 37.1 Å². The van der Waals surface area contributed by atoms with Crippen LogP contribution < -0.4 is 5.32 Å². The molecule has 1 saturated heterocycles. The summed E-state index contributed by atoms with van der Waals surface area (Å²) in [4.78, 5) is 16.7. The predicted molar refractivity (Wildman–Crippen MR) is 120 cm³/mol. The highest BCUT2D eigenvalue weighted by Crippen LogP contribution is 2.33. The minimum absolute atomic E-state index is 0.0395. The Kier molecular flexibility index (Phi) is 6.66. The number of sulfonamides is 1. The molecule has 0 radical (unpaired) electrons. The van der Waals surface area contributed by atoms with Gasteiger partial charge in [-0.25, -0.2) is 18.1 Å². The molecule has 1 fully saturated rings. The number of benzene rings is 2. The largest absolute Gasteiger partial charge is 0.416 e. The maximum Gasteiger partial charge on any atom is 0.416 e. The molecule has 0 aliphatic carbocycles. The SMILES string of the molecule is CC1CN(S(=O)(=O)c2cccc(C(=O)Nc3cc(C(F)(F)F)ccc3-n3cncn3)c2)CC(C)O1. The van der Waals surface area contributed by atoms with Crippen molar-refractivity contribution in [1.82, 2.24) is 19.1 Å². The number of carbonyl (C=O) groups is 1. The van der Waals surface area contributed by atoms with Gasteiger partial charge >= 0.3 is 6.18 Å². The lowest BCUT2D eigenvalue weighted by molar-refractivity contribution is -0.137. The van der Waals surface area contributed by atoms with Gasteiger partial charge in [-0.15, -0.1) is 0 Å². The molecule has 13 heteroatoms. The quantitative estimate of drug-likeness (QED) is 0.566. The fraction of sp³-hybridized carbons (Fsp3) is 0.318. The molecule has 186 valence electrons. The molecule has 35 heavy (non-hydrogen) atoms. The Hall–Kier alpha value is -3.29. The topological polar surface area (TPSA) is 106 Å². The van der Waals surface area contributed by atoms with Crippen molar-refractivity contribution >= 4 is 21.6 Å². The number of aromatic nitrogens is 3. The molecule has 1 amide bonds. The van der Waals surface area contributed by atoms with Gasteiger partial charge in [0.1, 0.15) is 12.7 Å². The summed E-state index contributed by atoms with van der Waals surface area (Å²) >= 11 is 0. The van der Waals surface area contributed by atoms with Gasteiger partial charge < -0.3 is 10.1 Å². The van der Waals surface area contributed by atoms with Crippen molar-refractivity contribution in [3.63, 3.8) is 0 Å². The molecule has 1 aromatic heterocycles. The third kappa shape index (κ3) is 5.36. The van der Waals surface area contributed by atoms with Crippen LogP contribution in [0.25, 0.3) is 5.69 Å². The van der Waals surface area contributed by atoms with Crippen LogP contribution in [0.4, 0.5) is 18.9 Å². The fourth-order valence-electron chi connectivity index (χ4n) is 3.81. The number of nitrogens with one attached hydrogen (secondary N) is 1. The van der Waals surface area contributed by atoms with Crippen LogP contribution in [0.3, 0.4) is 0 Å². The monoisotopic (exact) mass is 509 g/mol. The van der Waals surface area contributed by atoms with Gasteiger partial charge in [-0.3, -0.25) is 4.79 Å². The number of amides is 1. The highest BCUT2D eigenvalue weighted by molar-refractivity contribution is 7.89. The van der Waals surface area contributed by atoms with E-state index in [2.05, 4.69) is 15.4 Å². The Bertz CT molecular complexity index is 1320. The summed E-state index contributed by atoms with van der Waals surface area (Å²) in [6.07, 6.45) is -2.76. The Labute approximate surface area is 199 Å². The standard InChI is InChI=1S/C22H22F3N5O4S/c1-14-10-29(11-15(2)34-14)35(32,33)18-5-3-4-16(8-18)21(31)28-19-9-17(22(23,24)25)6-7-20(19)30-13-26-12-27-30/h3-9,12-15H,10-11H2,1-2H3,(H,28,31). The number of carbonyl (C=O) groups excluding carboxylic acids is 1. The molecule has 2 unspecified atom stereocenters. The van der Waals surface area contributed by atoms with E-state index >= 15 is 0 Å². The van der Waals surface area contributed by atoms with E-state index in [-0.39, 0.29) is 47.1 Å². The van der Waals surface area contributed by atoms with Gasteiger partial charge in [0.25, 0.3) is 5.91 Å². The van der Waals surface area contributed by atoms with Gasteiger partial charge in [0.05, 0.1) is 34.0 Å². The highest BCUT2D eigenvalue weighted by atomic mass is 32.2. The lowest BCUT2D eigenvalue weighted by atomic mass is 10.1. The number of rotatable bonds is 5. The first-order valence-electron chi connectivity index (χ1n) is 10.6. The third-order valence-electron chi connectivity index (χ3n) is 5.36. The van der Waals surface area contributed by atoms with E-state index in [1.165, 1.54) is 45.9 Å². The maximum absolute atomic E-state index is 13.3. The smallest absolute Gasteiger partial charge is 0.373 e. The van der Waals surface area contributed by atoms with Crippen LogP contribution in [0.2, 0.25) is 0 Å². The molecule has 0 spiro atoms. The van der Waals surface area contributed by atoms with E-state index in [0.717, 1.165) is 18.2 Å². The van der Waals surface area contributed by atoms with Crippen molar-refractivity contribution < 1.29 is 31.1 Å². The van der Waals surface area contributed by atoms with Crippen LogP contribution in [-0.2, 0) is 20.9 Å². The molecule has 2 heterocycles. The van der Waals surface area contributed by atoms with Crippen molar-refractivity contribution in [2.75, 3.05) is 18.4 Å². The van der Waals surface area contributed by atoms with Crippen molar-refractivity contribution in [2.24, 2.45) is 0 Å². The number of hydrogen-bond donors (Lipinski definition) is 1. The number of nitrogens with zero attached hydrogens (tertiary/aromatic N) is 4. The minimum atomic E-state index is -4.64. The summed E-state index contributed by atoms with van der Waals surface area (Å²) in [5.41, 5.74) is -1.02. The molecule has 2 aromatic carbocycles. The summed E-state index contributed by atoms with van der Waals surface area (Å²) < 4.78 is 74.3. The predicted octanol–water partition coefficient (Wildman–Crippen LogP) is 3.34. The van der Waals surface area contributed by atoms with Gasteiger partial charge in [-0.1, -0.05) is 6.07 Å². The molecular formula is C22H22F3N5O4S. The number of anilines is 1. The lowest BCUT2D eigenvalue weighted by Crippen LogP contribution is -2.48. The van der Waals surface area contributed by atoms with Gasteiger partial charge in [-0.05, 0) is 50.2 Å². The second-order valence-electron chi connectivity index (χ2n) is 8.13. The number of halogens is 3. The molecule has 0 saturated carbocycles. The van der Waals surface area contributed by atoms with E-state index in [1.54, 1.807) is 13.8 Å². The zero-order chi connectivity index (χ0) is 25.4. The summed E-state index contributed by atoms with van der Waals surface area (Å²) in [5.74, 6) is -0.786. The number of morpholine rings is 1. The molecule has 4 rings (SSSR count). The van der Waals surface area contributed by atoms with Crippen molar-refractivity contribution in [3.05, 3.63) is 66.2 Å². The fourth-order valence-corrected chi connectivity index (χ4v) is 5.45. The third-order valence-corrected chi connectivity index (χ3v) is 7.19. The summed E-state index contributed by atoms with van der Waals surface area (Å²) in [6, 6.07) is 8.15. The van der Waals surface area contributed by atoms with Gasteiger partial charge in [0.2, 0.25) is 10.0 Å². The zero-order valence-corrected chi connectivity index (χ0v) is 19.5. The Morgan fingerprint density at radius 2 is 1.83 bits per heavy atom. The first kappa shape index (κ1) is 24.8. The number of hydrogen-bond acceptors (Lipinski definition) is 6. The Morgan fingerprint density at radius 1 is 1.11 bits per heavy atom. The van der Waals surface area contributed by atoms with Gasteiger partial charge in [-0.2, -0.15) is 22.6 Å². The maximum atomic E-state index is 13.3. The van der Waals surface area contributed by atoms with Crippen LogP contribution in [-0.4, -0.2) is 58.7 Å². The van der Waals surface area contributed by atoms with Crippen molar-refractivity contribution in [1.29, 1.82) is 0 Å². The van der Waals surface area contributed by atoms with Gasteiger partial charge in [0.15, 0.2) is 0 Å². The van der Waals surface area contributed by atoms with Crippen molar-refractivity contribution in [3.8, 4) is 5.69 Å². The molecule has 1 aliphatic rings. The molecular weight excluding hydrogens is 487 g/mol.